The zero-order valence-corrected chi connectivity index (χ0v) is 17.0. The number of rotatable bonds is 1. The molecule has 0 fully saturated rings. The summed E-state index contributed by atoms with van der Waals surface area (Å²) in [4.78, 5) is 0. The summed E-state index contributed by atoms with van der Waals surface area (Å²) in [6.45, 7) is 4.55. The van der Waals surface area contributed by atoms with Crippen molar-refractivity contribution in [1.82, 2.24) is 0 Å². The Morgan fingerprint density at radius 3 is 2.31 bits per heavy atom. The van der Waals surface area contributed by atoms with Crippen LogP contribution in [0, 0.1) is 0 Å². The van der Waals surface area contributed by atoms with E-state index in [0.717, 1.165) is 21.6 Å². The standard InChI is InChI=1S/C27H19ClO/c1-27(2)20-14-17(28)12-13-18(20)25-21(27)15-23-26(19-10-6-7-11-22(19)29-23)24(25)16-8-4-3-5-9-16/h3-15H,1-2H3. The zero-order chi connectivity index (χ0) is 19.8. The van der Waals surface area contributed by atoms with Gasteiger partial charge in [-0.3, -0.25) is 0 Å². The van der Waals surface area contributed by atoms with Gasteiger partial charge in [-0.25, -0.2) is 0 Å². The largest absolute Gasteiger partial charge is 0.456 e. The number of hydrogen-bond acceptors (Lipinski definition) is 1. The third-order valence-electron chi connectivity index (χ3n) is 6.33. The molecule has 140 valence electrons. The summed E-state index contributed by atoms with van der Waals surface area (Å²) in [5.74, 6) is 0. The fourth-order valence-electron chi connectivity index (χ4n) is 4.95. The van der Waals surface area contributed by atoms with E-state index >= 15 is 0 Å². The maximum absolute atomic E-state index is 6.39. The van der Waals surface area contributed by atoms with Gasteiger partial charge in [0.05, 0.1) is 0 Å². The van der Waals surface area contributed by atoms with Crippen LogP contribution < -0.4 is 0 Å². The molecule has 6 rings (SSSR count). The van der Waals surface area contributed by atoms with E-state index < -0.39 is 0 Å². The van der Waals surface area contributed by atoms with Crippen molar-refractivity contribution in [2.45, 2.75) is 19.3 Å². The molecule has 0 saturated carbocycles. The molecule has 1 nitrogen and oxygen atoms in total. The van der Waals surface area contributed by atoms with Gasteiger partial charge in [-0.2, -0.15) is 0 Å². The van der Waals surface area contributed by atoms with Crippen LogP contribution in [-0.2, 0) is 5.41 Å². The molecule has 1 aliphatic rings. The molecule has 1 heterocycles. The number of halogens is 1. The van der Waals surface area contributed by atoms with E-state index in [1.807, 2.05) is 18.2 Å². The van der Waals surface area contributed by atoms with Crippen molar-refractivity contribution < 1.29 is 4.42 Å². The van der Waals surface area contributed by atoms with Crippen LogP contribution in [0.1, 0.15) is 25.0 Å². The molecule has 0 amide bonds. The van der Waals surface area contributed by atoms with Crippen LogP contribution in [-0.4, -0.2) is 0 Å². The first-order valence-electron chi connectivity index (χ1n) is 9.90. The molecule has 0 bridgehead atoms. The summed E-state index contributed by atoms with van der Waals surface area (Å²) in [5.41, 5.74) is 9.30. The monoisotopic (exact) mass is 394 g/mol. The zero-order valence-electron chi connectivity index (χ0n) is 16.3. The second kappa shape index (κ2) is 5.75. The molecular weight excluding hydrogens is 376 g/mol. The van der Waals surface area contributed by atoms with E-state index in [2.05, 4.69) is 74.5 Å². The van der Waals surface area contributed by atoms with Crippen LogP contribution in [0.25, 0.3) is 44.2 Å². The lowest BCUT2D eigenvalue weighted by Gasteiger charge is -2.22. The molecule has 5 aromatic rings. The lowest BCUT2D eigenvalue weighted by Crippen LogP contribution is -2.15. The number of hydrogen-bond donors (Lipinski definition) is 0. The van der Waals surface area contributed by atoms with E-state index in [9.17, 15) is 0 Å². The Morgan fingerprint density at radius 2 is 1.48 bits per heavy atom. The fourth-order valence-corrected chi connectivity index (χ4v) is 5.12. The average Bonchev–Trinajstić information content (AvgIpc) is 3.20. The first-order chi connectivity index (χ1) is 14.1. The Morgan fingerprint density at radius 1 is 0.724 bits per heavy atom. The number of furan rings is 1. The lowest BCUT2D eigenvalue weighted by atomic mass is 9.81. The number of fused-ring (bicyclic) bond motifs is 6. The van der Waals surface area contributed by atoms with Crippen LogP contribution in [0.5, 0.6) is 0 Å². The third-order valence-corrected chi connectivity index (χ3v) is 6.56. The first kappa shape index (κ1) is 16.9. The summed E-state index contributed by atoms with van der Waals surface area (Å²) >= 11 is 6.39. The normalized spacial score (nSPS) is 14.3. The van der Waals surface area contributed by atoms with Gasteiger partial charge in [0.2, 0.25) is 0 Å². The SMILES string of the molecule is CC1(C)c2cc(Cl)ccc2-c2c1cc1oc3ccccc3c1c2-c1ccccc1. The molecule has 29 heavy (non-hydrogen) atoms. The third kappa shape index (κ3) is 2.22. The van der Waals surface area contributed by atoms with E-state index in [0.29, 0.717) is 0 Å². The van der Waals surface area contributed by atoms with Gasteiger partial charge in [-0.1, -0.05) is 80.0 Å². The molecule has 1 aliphatic carbocycles. The van der Waals surface area contributed by atoms with Crippen molar-refractivity contribution in [3.05, 3.63) is 95.0 Å². The summed E-state index contributed by atoms with van der Waals surface area (Å²) in [6, 6.07) is 27.5. The quantitative estimate of drug-likeness (QED) is 0.279. The van der Waals surface area contributed by atoms with Gasteiger partial charge in [-0.05, 0) is 52.1 Å². The lowest BCUT2D eigenvalue weighted by molar-refractivity contribution is 0.647. The molecule has 0 atom stereocenters. The second-order valence-electron chi connectivity index (χ2n) is 8.33. The van der Waals surface area contributed by atoms with Gasteiger partial charge in [-0.15, -0.1) is 0 Å². The minimum Gasteiger partial charge on any atom is -0.456 e. The second-order valence-corrected chi connectivity index (χ2v) is 8.76. The molecule has 0 unspecified atom stereocenters. The molecule has 4 aromatic carbocycles. The molecule has 0 N–H and O–H groups in total. The first-order valence-corrected chi connectivity index (χ1v) is 10.3. The van der Waals surface area contributed by atoms with Crippen molar-refractivity contribution in [1.29, 1.82) is 0 Å². The van der Waals surface area contributed by atoms with E-state index in [1.54, 1.807) is 0 Å². The Hall–Kier alpha value is -3.03. The summed E-state index contributed by atoms with van der Waals surface area (Å²) in [5, 5.41) is 3.12. The Bertz CT molecular complexity index is 1420. The Kier molecular flexibility index (Phi) is 3.34. The van der Waals surface area contributed by atoms with Gasteiger partial charge >= 0.3 is 0 Å². The predicted octanol–water partition coefficient (Wildman–Crippen LogP) is 8.21. The maximum Gasteiger partial charge on any atom is 0.136 e. The van der Waals surface area contributed by atoms with Gasteiger partial charge in [0.1, 0.15) is 11.2 Å². The van der Waals surface area contributed by atoms with E-state index in [-0.39, 0.29) is 5.41 Å². The van der Waals surface area contributed by atoms with Gasteiger partial charge < -0.3 is 4.42 Å². The Labute approximate surface area is 174 Å². The number of para-hydroxylation sites is 1. The summed E-state index contributed by atoms with van der Waals surface area (Å²) < 4.78 is 6.33. The highest BCUT2D eigenvalue weighted by molar-refractivity contribution is 6.31. The van der Waals surface area contributed by atoms with E-state index in [4.69, 9.17) is 16.0 Å². The van der Waals surface area contributed by atoms with Crippen LogP contribution in [0.3, 0.4) is 0 Å². The molecule has 0 aliphatic heterocycles. The topological polar surface area (TPSA) is 13.1 Å². The molecule has 2 heteroatoms. The van der Waals surface area contributed by atoms with Gasteiger partial charge in [0.25, 0.3) is 0 Å². The molecule has 0 spiro atoms. The molecule has 1 aromatic heterocycles. The fraction of sp³-hybridized carbons (Fsp3) is 0.111. The van der Waals surface area contributed by atoms with Crippen molar-refractivity contribution in [3.63, 3.8) is 0 Å². The van der Waals surface area contributed by atoms with Crippen LogP contribution in [0.4, 0.5) is 0 Å². The molecule has 0 saturated heterocycles. The van der Waals surface area contributed by atoms with E-state index in [1.165, 1.54) is 38.8 Å². The highest BCUT2D eigenvalue weighted by atomic mass is 35.5. The van der Waals surface area contributed by atoms with Gasteiger partial charge in [0, 0.05) is 26.8 Å². The van der Waals surface area contributed by atoms with Crippen LogP contribution in [0.2, 0.25) is 5.02 Å². The van der Waals surface area contributed by atoms with Crippen molar-refractivity contribution in [2.24, 2.45) is 0 Å². The van der Waals surface area contributed by atoms with Crippen molar-refractivity contribution >= 4 is 33.5 Å². The van der Waals surface area contributed by atoms with Crippen molar-refractivity contribution in [3.8, 4) is 22.3 Å². The minimum absolute atomic E-state index is 0.147. The minimum atomic E-state index is -0.147. The summed E-state index contributed by atoms with van der Waals surface area (Å²) in [7, 11) is 0. The van der Waals surface area contributed by atoms with Crippen molar-refractivity contribution in [2.75, 3.05) is 0 Å². The van der Waals surface area contributed by atoms with Gasteiger partial charge in [0.15, 0.2) is 0 Å². The average molecular weight is 395 g/mol. The maximum atomic E-state index is 6.39. The highest BCUT2D eigenvalue weighted by Gasteiger charge is 2.38. The van der Waals surface area contributed by atoms with Crippen LogP contribution in [0.15, 0.2) is 83.3 Å². The molecular formula is C27H19ClO. The predicted molar refractivity (Wildman–Crippen MR) is 122 cm³/mol. The smallest absolute Gasteiger partial charge is 0.136 e. The number of benzene rings is 4. The highest BCUT2D eigenvalue weighted by Crippen LogP contribution is 2.55. The Balaban J connectivity index is 1.87. The van der Waals surface area contributed by atoms with Crippen LogP contribution >= 0.6 is 11.6 Å². The summed E-state index contributed by atoms with van der Waals surface area (Å²) in [6.07, 6.45) is 0. The molecule has 0 radical (unpaired) electrons.